The molecule has 0 unspecified atom stereocenters. The van der Waals surface area contributed by atoms with Crippen LogP contribution in [-0.2, 0) is 6.61 Å². The number of para-hydroxylation sites is 2. The van der Waals surface area contributed by atoms with E-state index in [0.29, 0.717) is 44.9 Å². The Labute approximate surface area is 222 Å². The van der Waals surface area contributed by atoms with Gasteiger partial charge in [-0.3, -0.25) is 4.79 Å². The largest absolute Gasteiger partial charge is 0.493 e. The minimum Gasteiger partial charge on any atom is -0.493 e. The second-order valence-corrected chi connectivity index (χ2v) is 8.79. The van der Waals surface area contributed by atoms with Crippen LogP contribution in [0.2, 0.25) is 0 Å². The van der Waals surface area contributed by atoms with Gasteiger partial charge in [0.05, 0.1) is 24.2 Å². The summed E-state index contributed by atoms with van der Waals surface area (Å²) in [7, 11) is 1.53. The van der Waals surface area contributed by atoms with Gasteiger partial charge in [0.25, 0.3) is 5.56 Å². The van der Waals surface area contributed by atoms with Crippen molar-refractivity contribution < 1.29 is 18.3 Å². The van der Waals surface area contributed by atoms with E-state index < -0.39 is 0 Å². The molecule has 39 heavy (non-hydrogen) atoms. The van der Waals surface area contributed by atoms with E-state index in [1.54, 1.807) is 54.7 Å². The first-order chi connectivity index (χ1) is 19.1. The van der Waals surface area contributed by atoms with Crippen molar-refractivity contribution in [1.82, 2.24) is 9.66 Å². The molecule has 7 nitrogen and oxygen atoms in total. The van der Waals surface area contributed by atoms with Gasteiger partial charge < -0.3 is 13.9 Å². The zero-order valence-electron chi connectivity index (χ0n) is 20.9. The first-order valence-electron chi connectivity index (χ1n) is 12.2. The number of rotatable bonds is 7. The average molecular weight is 520 g/mol. The van der Waals surface area contributed by atoms with Crippen LogP contribution in [0.3, 0.4) is 0 Å². The number of ether oxygens (including phenoxy) is 2. The zero-order valence-corrected chi connectivity index (χ0v) is 20.9. The lowest BCUT2D eigenvalue weighted by molar-refractivity contribution is 0.284. The number of hydrogen-bond acceptors (Lipinski definition) is 6. The van der Waals surface area contributed by atoms with Crippen LogP contribution in [0.15, 0.2) is 111 Å². The van der Waals surface area contributed by atoms with Crippen LogP contribution in [0.1, 0.15) is 11.1 Å². The third-order valence-electron chi connectivity index (χ3n) is 6.19. The number of nitrogens with zero attached hydrogens (tertiary/aromatic N) is 3. The van der Waals surface area contributed by atoms with Gasteiger partial charge in [0.1, 0.15) is 18.0 Å². The summed E-state index contributed by atoms with van der Waals surface area (Å²) in [5.74, 6) is 1.35. The van der Waals surface area contributed by atoms with E-state index >= 15 is 0 Å². The summed E-state index contributed by atoms with van der Waals surface area (Å²) in [6.07, 6.45) is 1.54. The predicted octanol–water partition coefficient (Wildman–Crippen LogP) is 6.42. The maximum Gasteiger partial charge on any atom is 0.282 e. The molecule has 0 saturated carbocycles. The van der Waals surface area contributed by atoms with Gasteiger partial charge in [-0.05, 0) is 65.7 Å². The number of fused-ring (bicyclic) bond motifs is 2. The van der Waals surface area contributed by atoms with E-state index in [2.05, 4.69) is 5.10 Å². The monoisotopic (exact) mass is 519 g/mol. The van der Waals surface area contributed by atoms with Gasteiger partial charge in [0.15, 0.2) is 17.3 Å². The summed E-state index contributed by atoms with van der Waals surface area (Å²) in [5.41, 5.74) is 2.27. The van der Waals surface area contributed by atoms with E-state index in [1.807, 2.05) is 36.4 Å². The number of aromatic nitrogens is 2. The highest BCUT2D eigenvalue weighted by Gasteiger charge is 2.16. The molecule has 0 aliphatic heterocycles. The molecule has 0 spiro atoms. The molecule has 0 saturated heterocycles. The second-order valence-electron chi connectivity index (χ2n) is 8.79. The Hall–Kier alpha value is -5.24. The first-order valence-corrected chi connectivity index (χ1v) is 12.2. The lowest BCUT2D eigenvalue weighted by Crippen LogP contribution is -2.20. The van der Waals surface area contributed by atoms with E-state index in [4.69, 9.17) is 18.9 Å². The highest BCUT2D eigenvalue weighted by Crippen LogP contribution is 2.29. The van der Waals surface area contributed by atoms with Crippen LogP contribution in [-0.4, -0.2) is 23.0 Å². The molecule has 0 aliphatic rings. The Kier molecular flexibility index (Phi) is 6.34. The van der Waals surface area contributed by atoms with Crippen molar-refractivity contribution in [2.24, 2.45) is 5.10 Å². The summed E-state index contributed by atoms with van der Waals surface area (Å²) in [5, 5.41) is 5.83. The topological polar surface area (TPSA) is 78.9 Å². The molecule has 2 aromatic heterocycles. The van der Waals surface area contributed by atoms with Crippen molar-refractivity contribution >= 4 is 28.1 Å². The second kappa shape index (κ2) is 10.3. The Morgan fingerprint density at radius 1 is 0.949 bits per heavy atom. The summed E-state index contributed by atoms with van der Waals surface area (Å²) < 4.78 is 32.1. The minimum atomic E-state index is -0.325. The summed E-state index contributed by atoms with van der Waals surface area (Å²) in [4.78, 5) is 18.2. The number of methoxy groups -OCH3 is 1. The van der Waals surface area contributed by atoms with Gasteiger partial charge in [0, 0.05) is 5.39 Å². The Bertz CT molecular complexity index is 1880. The maximum atomic E-state index is 13.5. The SMILES string of the molecule is COc1cc(C=Nn2c(-c3cc4ccccc4o3)nc3ccccc3c2=O)ccc1OCc1cccc(F)c1. The molecule has 2 heterocycles. The molecule has 8 heteroatoms. The van der Waals surface area contributed by atoms with Gasteiger partial charge in [0.2, 0.25) is 5.82 Å². The quantitative estimate of drug-likeness (QED) is 0.228. The average Bonchev–Trinajstić information content (AvgIpc) is 3.40. The molecule has 0 radical (unpaired) electrons. The smallest absolute Gasteiger partial charge is 0.282 e. The maximum absolute atomic E-state index is 13.5. The molecule has 4 aromatic carbocycles. The van der Waals surface area contributed by atoms with Crippen molar-refractivity contribution in [3.05, 3.63) is 124 Å². The van der Waals surface area contributed by atoms with Gasteiger partial charge in [-0.25, -0.2) is 9.37 Å². The van der Waals surface area contributed by atoms with E-state index in [-0.39, 0.29) is 23.8 Å². The molecular formula is C31H22FN3O4. The highest BCUT2D eigenvalue weighted by atomic mass is 19.1. The normalized spacial score (nSPS) is 11.4. The molecular weight excluding hydrogens is 497 g/mol. The van der Waals surface area contributed by atoms with Crippen LogP contribution < -0.4 is 15.0 Å². The summed E-state index contributed by atoms with van der Waals surface area (Å²) >= 11 is 0. The molecule has 0 aliphatic carbocycles. The van der Waals surface area contributed by atoms with Gasteiger partial charge >= 0.3 is 0 Å². The summed E-state index contributed by atoms with van der Waals surface area (Å²) in [6, 6.07) is 28.0. The fourth-order valence-corrected chi connectivity index (χ4v) is 4.28. The van der Waals surface area contributed by atoms with Gasteiger partial charge in [-0.2, -0.15) is 9.78 Å². The first kappa shape index (κ1) is 24.1. The molecule has 6 aromatic rings. The number of halogens is 1. The number of furan rings is 1. The predicted molar refractivity (Wildman–Crippen MR) is 148 cm³/mol. The molecule has 0 fully saturated rings. The lowest BCUT2D eigenvalue weighted by atomic mass is 10.2. The van der Waals surface area contributed by atoms with Crippen LogP contribution in [0.5, 0.6) is 11.5 Å². The zero-order chi connectivity index (χ0) is 26.8. The van der Waals surface area contributed by atoms with Crippen LogP contribution >= 0.6 is 0 Å². The third kappa shape index (κ3) is 4.87. The molecule has 0 atom stereocenters. The van der Waals surface area contributed by atoms with E-state index in [9.17, 15) is 9.18 Å². The number of benzene rings is 4. The fourth-order valence-electron chi connectivity index (χ4n) is 4.28. The van der Waals surface area contributed by atoms with E-state index in [0.717, 1.165) is 5.39 Å². The van der Waals surface area contributed by atoms with Crippen LogP contribution in [0.25, 0.3) is 33.5 Å². The lowest BCUT2D eigenvalue weighted by Gasteiger charge is -2.11. The van der Waals surface area contributed by atoms with Crippen molar-refractivity contribution in [2.45, 2.75) is 6.61 Å². The van der Waals surface area contributed by atoms with Crippen molar-refractivity contribution in [1.29, 1.82) is 0 Å². The van der Waals surface area contributed by atoms with Crippen molar-refractivity contribution in [2.75, 3.05) is 7.11 Å². The Morgan fingerprint density at radius 2 is 1.79 bits per heavy atom. The molecule has 0 N–H and O–H groups in total. The molecule has 0 bridgehead atoms. The Morgan fingerprint density at radius 3 is 2.64 bits per heavy atom. The number of hydrogen-bond donors (Lipinski definition) is 0. The van der Waals surface area contributed by atoms with E-state index in [1.165, 1.54) is 23.9 Å². The molecule has 6 rings (SSSR count). The Balaban J connectivity index is 1.36. The minimum absolute atomic E-state index is 0.181. The summed E-state index contributed by atoms with van der Waals surface area (Å²) in [6.45, 7) is 0.181. The fraction of sp³-hybridized carbons (Fsp3) is 0.0645. The standard InChI is InChI=1S/C31H22FN3O4/c1-37-28-16-20(13-14-27(28)38-19-21-7-6-9-23(32)15-21)18-33-35-30(29-17-22-8-2-5-12-26(22)39-29)34-25-11-4-3-10-24(25)31(35)36/h2-18H,19H2,1H3. The molecule has 0 amide bonds. The highest BCUT2D eigenvalue weighted by molar-refractivity contribution is 5.85. The van der Waals surface area contributed by atoms with Gasteiger partial charge in [-0.1, -0.05) is 42.5 Å². The van der Waals surface area contributed by atoms with Crippen LogP contribution in [0, 0.1) is 5.82 Å². The third-order valence-corrected chi connectivity index (χ3v) is 6.19. The van der Waals surface area contributed by atoms with Gasteiger partial charge in [-0.15, -0.1) is 0 Å². The van der Waals surface area contributed by atoms with Crippen molar-refractivity contribution in [3.8, 4) is 23.1 Å². The van der Waals surface area contributed by atoms with Crippen LogP contribution in [0.4, 0.5) is 4.39 Å². The molecule has 192 valence electrons. The van der Waals surface area contributed by atoms with Crippen molar-refractivity contribution in [3.63, 3.8) is 0 Å².